The number of nitrogens with zero attached hydrogens (tertiary/aromatic N) is 6. The van der Waals surface area contributed by atoms with Gasteiger partial charge in [0, 0.05) is 29.4 Å². The number of hydrazone groups is 1. The molecule has 0 atom stereocenters. The third-order valence-electron chi connectivity index (χ3n) is 7.62. The lowest BCUT2D eigenvalue weighted by molar-refractivity contribution is -0.119. The van der Waals surface area contributed by atoms with Crippen LogP contribution in [0.25, 0.3) is 16.9 Å². The van der Waals surface area contributed by atoms with Crippen LogP contribution in [0.1, 0.15) is 66.2 Å². The summed E-state index contributed by atoms with van der Waals surface area (Å²) >= 11 is 0. The lowest BCUT2D eigenvalue weighted by atomic mass is 9.91. The molecule has 0 fully saturated rings. The first-order valence-electron chi connectivity index (χ1n) is 14.4. The van der Waals surface area contributed by atoms with Gasteiger partial charge in [0.15, 0.2) is 0 Å². The van der Waals surface area contributed by atoms with Crippen LogP contribution in [0.15, 0.2) is 76.8 Å². The third-order valence-corrected chi connectivity index (χ3v) is 7.62. The first kappa shape index (κ1) is 27.3. The summed E-state index contributed by atoms with van der Waals surface area (Å²) in [6.07, 6.45) is 4.86. The van der Waals surface area contributed by atoms with Crippen molar-refractivity contribution in [2.24, 2.45) is 5.10 Å². The fourth-order valence-electron chi connectivity index (χ4n) is 5.55. The average molecular weight is 560 g/mol. The van der Waals surface area contributed by atoms with E-state index in [1.807, 2.05) is 60.1 Å². The second-order valence-electron chi connectivity index (χ2n) is 10.6. The van der Waals surface area contributed by atoms with Gasteiger partial charge in [0.05, 0.1) is 24.4 Å². The maximum absolute atomic E-state index is 14.3. The number of amides is 1. The predicted octanol–water partition coefficient (Wildman–Crippen LogP) is 4.64. The number of aryl methyl sites for hydroxylation is 3. The summed E-state index contributed by atoms with van der Waals surface area (Å²) in [6, 6.07) is 20.2. The van der Waals surface area contributed by atoms with E-state index in [-0.39, 0.29) is 17.9 Å². The molecule has 9 nitrogen and oxygen atoms in total. The molecule has 2 aromatic carbocycles. The van der Waals surface area contributed by atoms with Gasteiger partial charge in [-0.3, -0.25) is 19.1 Å². The Balaban J connectivity index is 1.48. The number of rotatable bonds is 9. The number of pyridine rings is 1. The topological polar surface area (TPSA) is 107 Å². The smallest absolute Gasteiger partial charge is 0.259 e. The SMILES string of the molecule is CCCc1c(Cc2ccc(-c3ccccc3)c(C3=NNC(=O)C3)c2)c(=O)n(Cc2ccc(CC)nc2)c2nc(C)nn12. The molecule has 0 saturated heterocycles. The van der Waals surface area contributed by atoms with Gasteiger partial charge in [0.2, 0.25) is 11.7 Å². The van der Waals surface area contributed by atoms with Gasteiger partial charge >= 0.3 is 0 Å². The molecule has 4 heterocycles. The van der Waals surface area contributed by atoms with Crippen molar-refractivity contribution in [3.8, 4) is 11.1 Å². The number of carbonyl (C=O) groups excluding carboxylic acids is 1. The van der Waals surface area contributed by atoms with Gasteiger partial charge in [-0.2, -0.15) is 15.2 Å². The van der Waals surface area contributed by atoms with E-state index in [2.05, 4.69) is 52.5 Å². The summed E-state index contributed by atoms with van der Waals surface area (Å²) in [6.45, 7) is 6.36. The molecule has 0 spiro atoms. The van der Waals surface area contributed by atoms with Crippen LogP contribution in [-0.2, 0) is 30.6 Å². The number of aromatic nitrogens is 5. The fourth-order valence-corrected chi connectivity index (χ4v) is 5.55. The second kappa shape index (κ2) is 11.5. The minimum atomic E-state index is -0.129. The molecule has 1 aliphatic rings. The van der Waals surface area contributed by atoms with Crippen molar-refractivity contribution in [2.75, 3.05) is 0 Å². The largest absolute Gasteiger partial charge is 0.273 e. The van der Waals surface area contributed by atoms with Gasteiger partial charge in [-0.05, 0) is 54.2 Å². The van der Waals surface area contributed by atoms with Crippen molar-refractivity contribution >= 4 is 17.4 Å². The molecule has 5 aromatic rings. The summed E-state index contributed by atoms with van der Waals surface area (Å²) in [5, 5.41) is 9.04. The van der Waals surface area contributed by atoms with Crippen LogP contribution in [0.3, 0.4) is 0 Å². The van der Waals surface area contributed by atoms with Gasteiger partial charge in [-0.1, -0.05) is 68.8 Å². The number of nitrogens with one attached hydrogen (secondary N) is 1. The van der Waals surface area contributed by atoms with E-state index < -0.39 is 0 Å². The minimum Gasteiger partial charge on any atom is -0.273 e. The summed E-state index contributed by atoms with van der Waals surface area (Å²) in [5.74, 6) is 1.02. The molecule has 0 aliphatic carbocycles. The van der Waals surface area contributed by atoms with Gasteiger partial charge < -0.3 is 0 Å². The van der Waals surface area contributed by atoms with Crippen LogP contribution >= 0.6 is 0 Å². The van der Waals surface area contributed by atoms with Crippen molar-refractivity contribution in [1.82, 2.24) is 29.6 Å². The van der Waals surface area contributed by atoms with Gasteiger partial charge in [0.25, 0.3) is 5.56 Å². The van der Waals surface area contributed by atoms with Crippen LogP contribution in [0.5, 0.6) is 0 Å². The Morgan fingerprint density at radius 1 is 0.952 bits per heavy atom. The lowest BCUT2D eigenvalue weighted by Gasteiger charge is -2.17. The Labute approximate surface area is 244 Å². The van der Waals surface area contributed by atoms with E-state index in [4.69, 9.17) is 5.10 Å². The van der Waals surface area contributed by atoms with Crippen LogP contribution in [0.4, 0.5) is 0 Å². The Kier molecular flexibility index (Phi) is 7.48. The molecule has 0 bridgehead atoms. The monoisotopic (exact) mass is 559 g/mol. The molecule has 1 aliphatic heterocycles. The Hall–Kier alpha value is -4.92. The van der Waals surface area contributed by atoms with Crippen LogP contribution < -0.4 is 11.0 Å². The molecular weight excluding hydrogens is 526 g/mol. The zero-order chi connectivity index (χ0) is 29.2. The fraction of sp³-hybridized carbons (Fsp3) is 0.273. The third kappa shape index (κ3) is 5.25. The normalized spacial score (nSPS) is 13.0. The van der Waals surface area contributed by atoms with Crippen molar-refractivity contribution in [1.29, 1.82) is 0 Å². The van der Waals surface area contributed by atoms with Gasteiger partial charge in [0.1, 0.15) is 5.82 Å². The molecule has 9 heteroatoms. The van der Waals surface area contributed by atoms with E-state index in [1.54, 1.807) is 4.57 Å². The molecule has 0 unspecified atom stereocenters. The van der Waals surface area contributed by atoms with E-state index in [9.17, 15) is 9.59 Å². The Bertz CT molecular complexity index is 1870. The van der Waals surface area contributed by atoms with Crippen molar-refractivity contribution in [3.63, 3.8) is 0 Å². The molecule has 6 rings (SSSR count). The van der Waals surface area contributed by atoms with Crippen molar-refractivity contribution in [2.45, 2.75) is 59.4 Å². The number of hydrogen-bond acceptors (Lipinski definition) is 6. The van der Waals surface area contributed by atoms with E-state index in [0.29, 0.717) is 42.3 Å². The number of fused-ring (bicyclic) bond motifs is 1. The Morgan fingerprint density at radius 3 is 2.45 bits per heavy atom. The van der Waals surface area contributed by atoms with Crippen LogP contribution in [0.2, 0.25) is 0 Å². The molecule has 3 aromatic heterocycles. The van der Waals surface area contributed by atoms with E-state index in [1.165, 1.54) is 0 Å². The first-order chi connectivity index (χ1) is 20.4. The average Bonchev–Trinajstić information content (AvgIpc) is 3.63. The predicted molar refractivity (Wildman–Crippen MR) is 163 cm³/mol. The molecule has 1 N–H and O–H groups in total. The quantitative estimate of drug-likeness (QED) is 0.283. The highest BCUT2D eigenvalue weighted by molar-refractivity contribution is 6.16. The number of carbonyl (C=O) groups is 1. The maximum Gasteiger partial charge on any atom is 0.259 e. The van der Waals surface area contributed by atoms with Crippen LogP contribution in [-0.4, -0.2) is 35.8 Å². The summed E-state index contributed by atoms with van der Waals surface area (Å²) in [7, 11) is 0. The number of benzene rings is 2. The highest BCUT2D eigenvalue weighted by Gasteiger charge is 2.23. The van der Waals surface area contributed by atoms with Gasteiger partial charge in [-0.15, -0.1) is 0 Å². The molecule has 0 radical (unpaired) electrons. The molecule has 0 saturated carbocycles. The molecule has 42 heavy (non-hydrogen) atoms. The lowest BCUT2D eigenvalue weighted by Crippen LogP contribution is -2.30. The molecular formula is C33H33N7O2. The van der Waals surface area contributed by atoms with E-state index in [0.717, 1.165) is 52.0 Å². The highest BCUT2D eigenvalue weighted by atomic mass is 16.2. The Morgan fingerprint density at radius 2 is 1.76 bits per heavy atom. The zero-order valence-electron chi connectivity index (χ0n) is 24.1. The zero-order valence-corrected chi connectivity index (χ0v) is 24.1. The van der Waals surface area contributed by atoms with Crippen LogP contribution in [0, 0.1) is 6.92 Å². The highest BCUT2D eigenvalue weighted by Crippen LogP contribution is 2.28. The molecule has 1 amide bonds. The standard InChI is InChI=1S/C33H33N7O2/c1-4-9-30-28(32(42)39(33-35-21(3)38-40(30)33)20-23-12-14-25(5-2)34-19-23)17-22-13-15-26(24-10-7-6-8-11-24)27(16-22)29-18-31(41)37-36-29/h6-8,10-16,19H,4-5,9,17-18,20H2,1-3H3,(H,37,41). The molecule has 212 valence electrons. The first-order valence-corrected chi connectivity index (χ1v) is 14.4. The maximum atomic E-state index is 14.3. The number of hydrogen-bond donors (Lipinski definition) is 1. The summed E-state index contributed by atoms with van der Waals surface area (Å²) in [4.78, 5) is 35.5. The van der Waals surface area contributed by atoms with Gasteiger partial charge in [-0.25, -0.2) is 9.94 Å². The minimum absolute atomic E-state index is 0.0818. The second-order valence-corrected chi connectivity index (χ2v) is 10.6. The van der Waals surface area contributed by atoms with E-state index >= 15 is 0 Å². The van der Waals surface area contributed by atoms with Crippen molar-refractivity contribution in [3.05, 3.63) is 117 Å². The van der Waals surface area contributed by atoms with Crippen molar-refractivity contribution < 1.29 is 4.79 Å². The summed E-state index contributed by atoms with van der Waals surface area (Å²) < 4.78 is 3.55. The summed E-state index contributed by atoms with van der Waals surface area (Å²) in [5.41, 5.74) is 10.6.